The number of Topliss-reactive ketones (excluding diaryl/α,β-unsaturated/α-hetero) is 1. The van der Waals surface area contributed by atoms with Crippen molar-refractivity contribution in [1.29, 1.82) is 0 Å². The van der Waals surface area contributed by atoms with Gasteiger partial charge in [0.25, 0.3) is 17.5 Å². The molecule has 8 heteroatoms. The van der Waals surface area contributed by atoms with Gasteiger partial charge < -0.3 is 4.74 Å². The Bertz CT molecular complexity index is 997. The largest absolute Gasteiger partial charge is 0.493 e. The van der Waals surface area contributed by atoms with Crippen LogP contribution in [0, 0.1) is 10.1 Å². The van der Waals surface area contributed by atoms with Crippen LogP contribution in [-0.2, 0) is 6.42 Å². The molecule has 0 fully saturated rings. The number of amides is 2. The molecule has 0 N–H and O–H groups in total. The maximum Gasteiger partial charge on any atom is 0.270 e. The molecule has 0 saturated carbocycles. The zero-order chi connectivity index (χ0) is 18.4. The maximum absolute atomic E-state index is 12.5. The van der Waals surface area contributed by atoms with Crippen molar-refractivity contribution in [1.82, 2.24) is 4.90 Å². The van der Waals surface area contributed by atoms with E-state index < -0.39 is 23.3 Å². The van der Waals surface area contributed by atoms with Crippen LogP contribution in [0.15, 0.2) is 36.4 Å². The fourth-order valence-corrected chi connectivity index (χ4v) is 3.13. The Hall–Kier alpha value is -3.55. The first-order valence-corrected chi connectivity index (χ1v) is 7.89. The Morgan fingerprint density at radius 3 is 2.65 bits per heavy atom. The molecule has 8 nitrogen and oxygen atoms in total. The quantitative estimate of drug-likeness (QED) is 0.360. The maximum atomic E-state index is 12.5. The van der Waals surface area contributed by atoms with E-state index in [1.54, 1.807) is 18.2 Å². The molecule has 0 atom stereocenters. The van der Waals surface area contributed by atoms with Crippen molar-refractivity contribution in [2.75, 3.05) is 13.2 Å². The Kier molecular flexibility index (Phi) is 3.54. The smallest absolute Gasteiger partial charge is 0.270 e. The van der Waals surface area contributed by atoms with Crippen LogP contribution in [0.2, 0.25) is 0 Å². The molecule has 26 heavy (non-hydrogen) atoms. The highest BCUT2D eigenvalue weighted by molar-refractivity contribution is 6.23. The van der Waals surface area contributed by atoms with Gasteiger partial charge in [-0.15, -0.1) is 0 Å². The van der Waals surface area contributed by atoms with E-state index in [1.165, 1.54) is 6.07 Å². The van der Waals surface area contributed by atoms with Crippen molar-refractivity contribution in [3.05, 3.63) is 68.8 Å². The number of benzene rings is 2. The molecule has 0 unspecified atom stereocenters. The van der Waals surface area contributed by atoms with Gasteiger partial charge >= 0.3 is 0 Å². The summed E-state index contributed by atoms with van der Waals surface area (Å²) >= 11 is 0. The highest BCUT2D eigenvalue weighted by Crippen LogP contribution is 2.28. The lowest BCUT2D eigenvalue weighted by Gasteiger charge is -2.13. The second-order valence-electron chi connectivity index (χ2n) is 6.03. The summed E-state index contributed by atoms with van der Waals surface area (Å²) in [5.74, 6) is -0.984. The number of imide groups is 1. The number of ether oxygens (including phenoxy) is 1. The van der Waals surface area contributed by atoms with E-state index >= 15 is 0 Å². The predicted octanol–water partition coefficient (Wildman–Crippen LogP) is 2.01. The summed E-state index contributed by atoms with van der Waals surface area (Å²) < 4.78 is 5.39. The van der Waals surface area contributed by atoms with Gasteiger partial charge in [-0.05, 0) is 29.8 Å². The van der Waals surface area contributed by atoms with Crippen LogP contribution in [0.25, 0.3) is 0 Å². The van der Waals surface area contributed by atoms with Crippen molar-refractivity contribution in [3.8, 4) is 5.75 Å². The molecule has 0 radical (unpaired) electrons. The minimum absolute atomic E-state index is 0.0562. The van der Waals surface area contributed by atoms with Gasteiger partial charge in [-0.1, -0.05) is 0 Å². The second kappa shape index (κ2) is 5.76. The van der Waals surface area contributed by atoms with Crippen molar-refractivity contribution in [2.24, 2.45) is 0 Å². The van der Waals surface area contributed by atoms with Gasteiger partial charge in [0.2, 0.25) is 0 Å². The summed E-state index contributed by atoms with van der Waals surface area (Å²) in [7, 11) is 0. The SMILES string of the molecule is O=C(CN1C(=O)c2ccc([N+](=O)[O-])cc2C1=O)c1ccc2c(c1)CCO2. The van der Waals surface area contributed by atoms with Gasteiger partial charge in [-0.2, -0.15) is 0 Å². The van der Waals surface area contributed by atoms with Crippen LogP contribution in [0.1, 0.15) is 36.6 Å². The third kappa shape index (κ3) is 2.43. The van der Waals surface area contributed by atoms with Gasteiger partial charge in [0, 0.05) is 24.1 Å². The third-order valence-corrected chi connectivity index (χ3v) is 4.48. The van der Waals surface area contributed by atoms with Crippen LogP contribution >= 0.6 is 0 Å². The number of carbonyl (C=O) groups is 3. The monoisotopic (exact) mass is 352 g/mol. The van der Waals surface area contributed by atoms with Crippen molar-refractivity contribution < 1.29 is 24.0 Å². The average molecular weight is 352 g/mol. The lowest BCUT2D eigenvalue weighted by Crippen LogP contribution is -2.34. The fraction of sp³-hybridized carbons (Fsp3) is 0.167. The van der Waals surface area contributed by atoms with Crippen molar-refractivity contribution in [2.45, 2.75) is 6.42 Å². The average Bonchev–Trinajstić information content (AvgIpc) is 3.19. The molecule has 0 aromatic heterocycles. The van der Waals surface area contributed by atoms with Crippen LogP contribution < -0.4 is 4.74 Å². The van der Waals surface area contributed by atoms with E-state index in [0.29, 0.717) is 18.6 Å². The lowest BCUT2D eigenvalue weighted by molar-refractivity contribution is -0.384. The first-order chi connectivity index (χ1) is 12.5. The number of nitro groups is 1. The minimum atomic E-state index is -0.702. The second-order valence-corrected chi connectivity index (χ2v) is 6.03. The van der Waals surface area contributed by atoms with Crippen LogP contribution in [0.4, 0.5) is 5.69 Å². The van der Waals surface area contributed by atoms with Crippen molar-refractivity contribution in [3.63, 3.8) is 0 Å². The highest BCUT2D eigenvalue weighted by atomic mass is 16.6. The Morgan fingerprint density at radius 1 is 1.12 bits per heavy atom. The number of carbonyl (C=O) groups excluding carboxylic acids is 3. The molecule has 0 spiro atoms. The van der Waals surface area contributed by atoms with Gasteiger partial charge in [-0.25, -0.2) is 0 Å². The molecule has 2 aromatic carbocycles. The van der Waals surface area contributed by atoms with Crippen LogP contribution in [0.3, 0.4) is 0 Å². The molecule has 0 aliphatic carbocycles. The molecule has 2 aliphatic rings. The number of hydrogen-bond acceptors (Lipinski definition) is 6. The zero-order valence-corrected chi connectivity index (χ0v) is 13.4. The summed E-state index contributed by atoms with van der Waals surface area (Å²) in [5.41, 5.74) is 1.03. The Balaban J connectivity index is 1.59. The van der Waals surface area contributed by atoms with Gasteiger partial charge in [0.05, 0.1) is 29.2 Å². The molecule has 4 rings (SSSR count). The van der Waals surface area contributed by atoms with Gasteiger partial charge in [0.1, 0.15) is 5.75 Å². The molecular weight excluding hydrogens is 340 g/mol. The zero-order valence-electron chi connectivity index (χ0n) is 13.4. The number of nitro benzene ring substituents is 1. The number of non-ortho nitro benzene ring substituents is 1. The molecule has 0 saturated heterocycles. The molecule has 2 heterocycles. The standard InChI is InChI=1S/C18H12N2O6/c21-15(10-1-4-16-11(7-10)5-6-26-16)9-19-17(22)13-3-2-12(20(24)25)8-14(13)18(19)23/h1-4,7-8H,5-6,9H2. The third-order valence-electron chi connectivity index (χ3n) is 4.48. The number of rotatable bonds is 4. The summed E-state index contributed by atoms with van der Waals surface area (Å²) in [4.78, 5) is 48.4. The van der Waals surface area contributed by atoms with Gasteiger partial charge in [0.15, 0.2) is 5.78 Å². The Labute approximate surface area is 147 Å². The molecular formula is C18H12N2O6. The fourth-order valence-electron chi connectivity index (χ4n) is 3.13. The highest BCUT2D eigenvalue weighted by Gasteiger charge is 2.38. The summed E-state index contributed by atoms with van der Waals surface area (Å²) in [6, 6.07) is 8.46. The molecule has 2 aromatic rings. The normalized spacial score (nSPS) is 14.8. The minimum Gasteiger partial charge on any atom is -0.493 e. The summed E-state index contributed by atoms with van der Waals surface area (Å²) in [6.07, 6.45) is 0.702. The van der Waals surface area contributed by atoms with E-state index in [1.807, 2.05) is 0 Å². The first-order valence-electron chi connectivity index (χ1n) is 7.89. The molecule has 0 bridgehead atoms. The van der Waals surface area contributed by atoms with E-state index in [-0.39, 0.29) is 22.6 Å². The molecule has 2 aliphatic heterocycles. The topological polar surface area (TPSA) is 107 Å². The van der Waals surface area contributed by atoms with Crippen LogP contribution in [0.5, 0.6) is 5.75 Å². The summed E-state index contributed by atoms with van der Waals surface area (Å²) in [6.45, 7) is 0.143. The predicted molar refractivity (Wildman–Crippen MR) is 88.4 cm³/mol. The first kappa shape index (κ1) is 15.9. The van der Waals surface area contributed by atoms with E-state index in [2.05, 4.69) is 0 Å². The number of ketones is 1. The lowest BCUT2D eigenvalue weighted by atomic mass is 10.1. The number of fused-ring (bicyclic) bond motifs is 2. The molecule has 2 amide bonds. The number of nitrogens with zero attached hydrogens (tertiary/aromatic N) is 2. The van der Waals surface area contributed by atoms with E-state index in [4.69, 9.17) is 4.74 Å². The van der Waals surface area contributed by atoms with Crippen molar-refractivity contribution >= 4 is 23.3 Å². The molecule has 130 valence electrons. The summed E-state index contributed by atoms with van der Waals surface area (Å²) in [5, 5.41) is 10.9. The van der Waals surface area contributed by atoms with E-state index in [0.717, 1.165) is 28.3 Å². The van der Waals surface area contributed by atoms with Gasteiger partial charge in [-0.3, -0.25) is 29.4 Å². The van der Waals surface area contributed by atoms with E-state index in [9.17, 15) is 24.5 Å². The van der Waals surface area contributed by atoms with Crippen LogP contribution in [-0.4, -0.2) is 40.6 Å². The Morgan fingerprint density at radius 2 is 1.88 bits per heavy atom. The number of hydrogen-bond donors (Lipinski definition) is 0.